The van der Waals surface area contributed by atoms with Crippen molar-refractivity contribution < 1.29 is 33.4 Å². The quantitative estimate of drug-likeness (QED) is 0.192. The molecule has 15 heteroatoms. The molecule has 4 N–H and O–H groups in total. The second kappa shape index (κ2) is 22.6. The summed E-state index contributed by atoms with van der Waals surface area (Å²) in [4.78, 5) is 63.9. The molecule has 13 nitrogen and oxygen atoms in total. The molecule has 5 fully saturated rings. The summed E-state index contributed by atoms with van der Waals surface area (Å²) in [7, 11) is 0. The van der Waals surface area contributed by atoms with E-state index in [1.165, 1.54) is 25.7 Å². The van der Waals surface area contributed by atoms with Gasteiger partial charge in [0.25, 0.3) is 0 Å². The molecule has 0 aromatic carbocycles. The number of halogens is 2. The predicted molar refractivity (Wildman–Crippen MR) is 246 cm³/mol. The first kappa shape index (κ1) is 54.9. The van der Waals surface area contributed by atoms with Gasteiger partial charge in [0.05, 0.1) is 18.3 Å². The normalized spacial score (nSPS) is 26.0. The fraction of sp³-hybridized carbons (Fsp3) is 0.891. The summed E-state index contributed by atoms with van der Waals surface area (Å²) in [5.74, 6) is 0.577. The standard InChI is InChI=1S/C15H26ClNO3.C12H24N2O2.C10H18ClNO.C9H16N2O/c1-14(2,3)20-13(19)17-11(6-7-12(18)10-16)8-9-15(17,4)5;1-11(2,3)16-10(15)14-9(8-13)6-7-12(14,4)5;1-10(2)6-5-8(12-10)3-4-9(13)7-11;1-9(2)4-3-7-5-10-8(12)6-11(7)9/h11H,6-10H2,1-5H3;9H,6-8,13H2,1-5H3;8,12H,3-7H2,1-2H3;7H,3-6H2,1-2H3,(H,10,12). The van der Waals surface area contributed by atoms with Gasteiger partial charge >= 0.3 is 12.2 Å². The maximum atomic E-state index is 12.4. The van der Waals surface area contributed by atoms with Crippen molar-refractivity contribution in [2.24, 2.45) is 5.73 Å². The van der Waals surface area contributed by atoms with Crippen molar-refractivity contribution in [1.82, 2.24) is 25.3 Å². The van der Waals surface area contributed by atoms with Gasteiger partial charge in [0.1, 0.15) is 22.8 Å². The molecule has 0 saturated carbocycles. The van der Waals surface area contributed by atoms with Crippen molar-refractivity contribution in [3.63, 3.8) is 0 Å². The number of ketones is 2. The van der Waals surface area contributed by atoms with Gasteiger partial charge in [-0.1, -0.05) is 0 Å². The number of Topliss-reactive ketones (excluding diaryl/α,β-unsaturated/α-hetero) is 2. The molecule has 4 unspecified atom stereocenters. The lowest BCUT2D eigenvalue weighted by molar-refractivity contribution is -0.126. The van der Waals surface area contributed by atoms with Crippen LogP contribution in [0.4, 0.5) is 9.59 Å². The Morgan fingerprint density at radius 1 is 0.689 bits per heavy atom. The van der Waals surface area contributed by atoms with Crippen molar-refractivity contribution in [1.29, 1.82) is 0 Å². The summed E-state index contributed by atoms with van der Waals surface area (Å²) in [6, 6.07) is 1.29. The Morgan fingerprint density at radius 3 is 1.59 bits per heavy atom. The number of ether oxygens (including phenoxy) is 2. The number of carbonyl (C=O) groups is 5. The van der Waals surface area contributed by atoms with Gasteiger partial charge in [-0.15, -0.1) is 23.2 Å². The lowest BCUT2D eigenvalue weighted by Gasteiger charge is -2.38. The fourth-order valence-electron chi connectivity index (χ4n) is 8.99. The van der Waals surface area contributed by atoms with Crippen LogP contribution in [0.1, 0.15) is 174 Å². The lowest BCUT2D eigenvalue weighted by atomic mass is 10.0. The second-order valence-electron chi connectivity index (χ2n) is 22.1. The molecule has 5 saturated heterocycles. The average Bonchev–Trinajstić information content (AvgIpc) is 3.84. The molecular formula is C46H84Cl2N6O7. The number of hydrogen-bond donors (Lipinski definition) is 3. The zero-order valence-corrected chi connectivity index (χ0v) is 41.9. The molecule has 0 aromatic rings. The van der Waals surface area contributed by atoms with Crippen LogP contribution in [-0.2, 0) is 23.9 Å². The van der Waals surface area contributed by atoms with Crippen LogP contribution in [0.15, 0.2) is 0 Å². The molecule has 4 atom stereocenters. The Hall–Kier alpha value is -2.19. The number of nitrogens with zero attached hydrogens (tertiary/aromatic N) is 3. The molecule has 5 aliphatic heterocycles. The maximum absolute atomic E-state index is 12.4. The van der Waals surface area contributed by atoms with E-state index in [9.17, 15) is 24.0 Å². The number of alkyl halides is 2. The van der Waals surface area contributed by atoms with Gasteiger partial charge in [0.2, 0.25) is 5.91 Å². The molecule has 354 valence electrons. The number of likely N-dealkylation sites (tertiary alicyclic amines) is 2. The average molecular weight is 904 g/mol. The van der Waals surface area contributed by atoms with Gasteiger partial charge in [0.15, 0.2) is 0 Å². The van der Waals surface area contributed by atoms with Gasteiger partial charge in [-0.3, -0.25) is 24.2 Å². The van der Waals surface area contributed by atoms with E-state index in [1.54, 1.807) is 9.80 Å². The lowest BCUT2D eigenvalue weighted by Crippen LogP contribution is -2.56. The molecule has 3 amide bonds. The molecular weight excluding hydrogens is 819 g/mol. The highest BCUT2D eigenvalue weighted by atomic mass is 35.5. The molecule has 0 spiro atoms. The van der Waals surface area contributed by atoms with Crippen molar-refractivity contribution in [3.05, 3.63) is 0 Å². The Balaban J connectivity index is 0.000000285. The number of nitrogens with one attached hydrogen (secondary N) is 2. The molecule has 0 aliphatic carbocycles. The van der Waals surface area contributed by atoms with E-state index in [0.29, 0.717) is 44.4 Å². The second-order valence-corrected chi connectivity index (χ2v) is 22.6. The van der Waals surface area contributed by atoms with Gasteiger partial charge in [-0.2, -0.15) is 0 Å². The highest BCUT2D eigenvalue weighted by Crippen LogP contribution is 2.38. The van der Waals surface area contributed by atoms with Crippen molar-refractivity contribution in [2.75, 3.05) is 31.4 Å². The zero-order valence-electron chi connectivity index (χ0n) is 40.4. The minimum Gasteiger partial charge on any atom is -0.444 e. The first-order valence-corrected chi connectivity index (χ1v) is 23.6. The Kier molecular flexibility index (Phi) is 20.4. The Bertz CT molecular complexity index is 1470. The maximum Gasteiger partial charge on any atom is 0.411 e. The zero-order chi connectivity index (χ0) is 46.8. The largest absolute Gasteiger partial charge is 0.444 e. The van der Waals surface area contributed by atoms with Crippen molar-refractivity contribution in [3.8, 4) is 0 Å². The Labute approximate surface area is 379 Å². The van der Waals surface area contributed by atoms with Crippen LogP contribution < -0.4 is 16.4 Å². The number of carbonyl (C=O) groups excluding carboxylic acids is 5. The number of fused-ring (bicyclic) bond motifs is 1. The predicted octanol–water partition coefficient (Wildman–Crippen LogP) is 8.34. The van der Waals surface area contributed by atoms with Gasteiger partial charge in [-0.05, 0) is 161 Å². The van der Waals surface area contributed by atoms with Crippen LogP contribution in [0.25, 0.3) is 0 Å². The fourth-order valence-corrected chi connectivity index (χ4v) is 9.26. The van der Waals surface area contributed by atoms with E-state index in [2.05, 4.69) is 57.1 Å². The van der Waals surface area contributed by atoms with Crippen LogP contribution >= 0.6 is 23.2 Å². The molecule has 0 radical (unpaired) electrons. The van der Waals surface area contributed by atoms with E-state index in [-0.39, 0.29) is 75.7 Å². The number of hydrogen-bond acceptors (Lipinski definition) is 10. The molecule has 5 heterocycles. The molecule has 5 rings (SSSR count). The van der Waals surface area contributed by atoms with E-state index < -0.39 is 11.2 Å². The minimum absolute atomic E-state index is 0.0283. The van der Waals surface area contributed by atoms with E-state index in [0.717, 1.165) is 38.6 Å². The third kappa shape index (κ3) is 18.1. The summed E-state index contributed by atoms with van der Waals surface area (Å²) in [6.45, 7) is 30.2. The first-order chi connectivity index (χ1) is 27.9. The van der Waals surface area contributed by atoms with Crippen LogP contribution in [0.3, 0.4) is 0 Å². The minimum atomic E-state index is -0.508. The first-order valence-electron chi connectivity index (χ1n) is 22.6. The highest BCUT2D eigenvalue weighted by Gasteiger charge is 2.46. The van der Waals surface area contributed by atoms with Crippen LogP contribution in [-0.4, -0.2) is 133 Å². The third-order valence-electron chi connectivity index (χ3n) is 12.4. The molecule has 0 bridgehead atoms. The summed E-state index contributed by atoms with van der Waals surface area (Å²) in [5.41, 5.74) is 4.87. The van der Waals surface area contributed by atoms with Crippen molar-refractivity contribution in [2.45, 2.75) is 232 Å². The molecule has 61 heavy (non-hydrogen) atoms. The van der Waals surface area contributed by atoms with Gasteiger partial charge in [-0.25, -0.2) is 9.59 Å². The number of amides is 3. The summed E-state index contributed by atoms with van der Waals surface area (Å²) in [6.07, 6.45) is 10.7. The smallest absolute Gasteiger partial charge is 0.411 e. The summed E-state index contributed by atoms with van der Waals surface area (Å²) in [5, 5.41) is 6.42. The molecule has 5 aliphatic rings. The van der Waals surface area contributed by atoms with Crippen LogP contribution in [0.2, 0.25) is 0 Å². The Morgan fingerprint density at radius 2 is 1.15 bits per heavy atom. The van der Waals surface area contributed by atoms with Crippen LogP contribution in [0.5, 0.6) is 0 Å². The SMILES string of the molecule is CC(C)(C)OC(=O)N1C(CCC(=O)CCl)CCC1(C)C.CC(C)(C)OC(=O)N1C(CN)CCC1(C)C.CC1(C)CCC(CCC(=O)CCl)N1.CC1(C)CCC2CNC(=O)CN21. The van der Waals surface area contributed by atoms with E-state index in [1.807, 2.05) is 55.4 Å². The number of rotatable bonds is 9. The van der Waals surface area contributed by atoms with Crippen LogP contribution in [0, 0.1) is 0 Å². The third-order valence-corrected chi connectivity index (χ3v) is 13.0. The highest BCUT2D eigenvalue weighted by molar-refractivity contribution is 6.27. The monoisotopic (exact) mass is 903 g/mol. The number of nitrogens with two attached hydrogens (primary N) is 1. The summed E-state index contributed by atoms with van der Waals surface area (Å²) < 4.78 is 10.9. The van der Waals surface area contributed by atoms with Crippen molar-refractivity contribution >= 4 is 52.9 Å². The summed E-state index contributed by atoms with van der Waals surface area (Å²) >= 11 is 10.9. The van der Waals surface area contributed by atoms with Gasteiger partial charge < -0.3 is 30.7 Å². The molecule has 0 aromatic heterocycles. The van der Waals surface area contributed by atoms with E-state index in [4.69, 9.17) is 38.4 Å². The van der Waals surface area contributed by atoms with Gasteiger partial charge in [0, 0.05) is 72.3 Å². The number of piperazine rings is 1. The van der Waals surface area contributed by atoms with E-state index >= 15 is 0 Å². The topological polar surface area (TPSA) is 164 Å².